The molecule has 5 heteroatoms. The largest absolute Gasteiger partial charge is 0.383 e. The molecule has 0 bridgehead atoms. The van der Waals surface area contributed by atoms with Gasteiger partial charge in [0.15, 0.2) is 0 Å². The van der Waals surface area contributed by atoms with E-state index in [0.717, 1.165) is 0 Å². The predicted molar refractivity (Wildman–Crippen MR) is 77.4 cm³/mol. The fourth-order valence-electron chi connectivity index (χ4n) is 2.21. The van der Waals surface area contributed by atoms with Gasteiger partial charge in [-0.2, -0.15) is 0 Å². The Morgan fingerprint density at radius 3 is 2.80 bits per heavy atom. The Bertz CT molecular complexity index is 556. The maximum Gasteiger partial charge on any atom is 0.203 e. The van der Waals surface area contributed by atoms with Crippen LogP contribution in [0.1, 0.15) is 25.5 Å². The normalized spacial score (nSPS) is 14.0. The van der Waals surface area contributed by atoms with Gasteiger partial charge in [0, 0.05) is 31.1 Å². The van der Waals surface area contributed by atoms with Crippen LogP contribution in [0.3, 0.4) is 0 Å². The Hall–Kier alpha value is -1.88. The van der Waals surface area contributed by atoms with Gasteiger partial charge in [-0.3, -0.25) is 0 Å². The number of methoxy groups -OCH3 is 1. The lowest BCUT2D eigenvalue weighted by atomic mass is 10.1. The molecule has 0 fully saturated rings. The third-order valence-electron chi connectivity index (χ3n) is 3.23. The molecule has 1 heterocycles. The summed E-state index contributed by atoms with van der Waals surface area (Å²) in [4.78, 5) is 4.29. The van der Waals surface area contributed by atoms with Crippen LogP contribution in [0.2, 0.25) is 0 Å². The third-order valence-corrected chi connectivity index (χ3v) is 3.23. The molecule has 2 unspecified atom stereocenters. The van der Waals surface area contributed by atoms with E-state index in [0.29, 0.717) is 18.1 Å². The number of aromatic nitrogens is 2. The first-order valence-corrected chi connectivity index (χ1v) is 6.66. The van der Waals surface area contributed by atoms with E-state index in [9.17, 15) is 4.39 Å². The van der Waals surface area contributed by atoms with E-state index >= 15 is 0 Å². The van der Waals surface area contributed by atoms with Gasteiger partial charge in [0.05, 0.1) is 12.6 Å². The lowest BCUT2D eigenvalue weighted by Crippen LogP contribution is -2.24. The monoisotopic (exact) mass is 277 g/mol. The fourth-order valence-corrected chi connectivity index (χ4v) is 2.21. The first-order valence-electron chi connectivity index (χ1n) is 6.66. The summed E-state index contributed by atoms with van der Waals surface area (Å²) >= 11 is 0. The molecule has 1 aromatic carbocycles. The van der Waals surface area contributed by atoms with Crippen molar-refractivity contribution in [1.82, 2.24) is 9.55 Å². The van der Waals surface area contributed by atoms with Crippen molar-refractivity contribution in [1.29, 1.82) is 0 Å². The van der Waals surface area contributed by atoms with E-state index in [1.165, 1.54) is 6.07 Å². The minimum Gasteiger partial charge on any atom is -0.383 e. The second-order valence-electron chi connectivity index (χ2n) is 4.86. The Balaban J connectivity index is 2.21. The number of hydrogen-bond donors (Lipinski definition) is 1. The first kappa shape index (κ1) is 14.5. The standard InChI is InChI=1S/C15H20FN3O/c1-11(10-20-3)18-15-17-8-9-19(15)12(2)13-6-4-5-7-14(13)16/h4-9,11-12H,10H2,1-3H3,(H,17,18). The highest BCUT2D eigenvalue weighted by Gasteiger charge is 2.16. The maximum absolute atomic E-state index is 13.9. The van der Waals surface area contributed by atoms with Gasteiger partial charge < -0.3 is 14.6 Å². The SMILES string of the molecule is COCC(C)Nc1nccn1C(C)c1ccccc1F. The number of hydrogen-bond acceptors (Lipinski definition) is 3. The van der Waals surface area contributed by atoms with Crippen LogP contribution in [-0.2, 0) is 4.74 Å². The van der Waals surface area contributed by atoms with E-state index in [-0.39, 0.29) is 17.9 Å². The third kappa shape index (κ3) is 3.17. The van der Waals surface area contributed by atoms with Crippen molar-refractivity contribution in [2.45, 2.75) is 25.9 Å². The molecule has 0 saturated carbocycles. The quantitative estimate of drug-likeness (QED) is 0.882. The van der Waals surface area contributed by atoms with Gasteiger partial charge in [-0.1, -0.05) is 18.2 Å². The number of nitrogens with zero attached hydrogens (tertiary/aromatic N) is 2. The zero-order chi connectivity index (χ0) is 14.5. The number of anilines is 1. The molecular weight excluding hydrogens is 257 g/mol. The minimum atomic E-state index is -0.204. The molecular formula is C15H20FN3O. The summed E-state index contributed by atoms with van der Waals surface area (Å²) in [6.45, 7) is 4.55. The van der Waals surface area contributed by atoms with Crippen LogP contribution in [-0.4, -0.2) is 29.3 Å². The molecule has 0 aliphatic rings. The Morgan fingerprint density at radius 2 is 2.10 bits per heavy atom. The first-order chi connectivity index (χ1) is 9.63. The fraction of sp³-hybridized carbons (Fsp3) is 0.400. The van der Waals surface area contributed by atoms with Gasteiger partial charge in [-0.05, 0) is 19.9 Å². The molecule has 0 spiro atoms. The second kappa shape index (κ2) is 6.52. The van der Waals surface area contributed by atoms with Crippen molar-refractivity contribution in [3.63, 3.8) is 0 Å². The number of ether oxygens (including phenoxy) is 1. The number of imidazole rings is 1. The highest BCUT2D eigenvalue weighted by molar-refractivity contribution is 5.32. The molecule has 2 rings (SSSR count). The molecule has 1 aromatic heterocycles. The van der Waals surface area contributed by atoms with Gasteiger partial charge in [0.2, 0.25) is 5.95 Å². The van der Waals surface area contributed by atoms with Crippen molar-refractivity contribution >= 4 is 5.95 Å². The van der Waals surface area contributed by atoms with Crippen LogP contribution >= 0.6 is 0 Å². The Labute approximate surface area is 118 Å². The molecule has 20 heavy (non-hydrogen) atoms. The molecule has 1 N–H and O–H groups in total. The molecule has 108 valence electrons. The number of halogens is 1. The number of rotatable bonds is 6. The van der Waals surface area contributed by atoms with Gasteiger partial charge in [0.25, 0.3) is 0 Å². The van der Waals surface area contributed by atoms with Crippen molar-refractivity contribution < 1.29 is 9.13 Å². The summed E-state index contributed by atoms with van der Waals surface area (Å²) in [5.41, 5.74) is 0.646. The zero-order valence-corrected chi connectivity index (χ0v) is 12.0. The van der Waals surface area contributed by atoms with E-state index in [2.05, 4.69) is 10.3 Å². The molecule has 0 radical (unpaired) electrons. The highest BCUT2D eigenvalue weighted by atomic mass is 19.1. The average molecular weight is 277 g/mol. The highest BCUT2D eigenvalue weighted by Crippen LogP contribution is 2.24. The average Bonchev–Trinajstić information content (AvgIpc) is 2.87. The summed E-state index contributed by atoms with van der Waals surface area (Å²) in [5, 5.41) is 3.27. The van der Waals surface area contributed by atoms with Crippen LogP contribution in [0.4, 0.5) is 10.3 Å². The summed E-state index contributed by atoms with van der Waals surface area (Å²) in [6, 6.07) is 6.81. The van der Waals surface area contributed by atoms with Crippen LogP contribution in [0, 0.1) is 5.82 Å². The van der Waals surface area contributed by atoms with E-state index in [1.807, 2.05) is 30.7 Å². The molecule has 0 amide bonds. The van der Waals surface area contributed by atoms with Crippen LogP contribution < -0.4 is 5.32 Å². The van der Waals surface area contributed by atoms with Crippen molar-refractivity contribution in [2.75, 3.05) is 19.0 Å². The van der Waals surface area contributed by atoms with E-state index < -0.39 is 0 Å². The molecule has 0 aliphatic carbocycles. The summed E-state index contributed by atoms with van der Waals surface area (Å²) in [7, 11) is 1.66. The number of benzene rings is 1. The summed E-state index contributed by atoms with van der Waals surface area (Å²) < 4.78 is 20.9. The Morgan fingerprint density at radius 1 is 1.35 bits per heavy atom. The zero-order valence-electron chi connectivity index (χ0n) is 12.0. The van der Waals surface area contributed by atoms with E-state index in [1.54, 1.807) is 25.4 Å². The van der Waals surface area contributed by atoms with Crippen molar-refractivity contribution in [3.05, 3.63) is 48.0 Å². The van der Waals surface area contributed by atoms with E-state index in [4.69, 9.17) is 4.74 Å². The Kier molecular flexibility index (Phi) is 4.74. The lowest BCUT2D eigenvalue weighted by molar-refractivity contribution is 0.190. The second-order valence-corrected chi connectivity index (χ2v) is 4.86. The lowest BCUT2D eigenvalue weighted by Gasteiger charge is -2.20. The predicted octanol–water partition coefficient (Wildman–Crippen LogP) is 3.08. The van der Waals surface area contributed by atoms with Gasteiger partial charge in [-0.25, -0.2) is 9.37 Å². The van der Waals surface area contributed by atoms with Crippen molar-refractivity contribution in [3.8, 4) is 0 Å². The number of nitrogens with one attached hydrogen (secondary N) is 1. The smallest absolute Gasteiger partial charge is 0.203 e. The van der Waals surface area contributed by atoms with Crippen LogP contribution in [0.15, 0.2) is 36.7 Å². The van der Waals surface area contributed by atoms with Gasteiger partial charge in [0.1, 0.15) is 5.82 Å². The van der Waals surface area contributed by atoms with Crippen LogP contribution in [0.25, 0.3) is 0 Å². The molecule has 0 saturated heterocycles. The maximum atomic E-state index is 13.9. The molecule has 2 aromatic rings. The van der Waals surface area contributed by atoms with Gasteiger partial charge in [-0.15, -0.1) is 0 Å². The van der Waals surface area contributed by atoms with Crippen molar-refractivity contribution in [2.24, 2.45) is 0 Å². The molecule has 4 nitrogen and oxygen atoms in total. The summed E-state index contributed by atoms with van der Waals surface area (Å²) in [5.74, 6) is 0.509. The molecule has 2 atom stereocenters. The van der Waals surface area contributed by atoms with Gasteiger partial charge >= 0.3 is 0 Å². The molecule has 0 aliphatic heterocycles. The topological polar surface area (TPSA) is 39.1 Å². The minimum absolute atomic E-state index is 0.129. The van der Waals surface area contributed by atoms with Crippen LogP contribution in [0.5, 0.6) is 0 Å². The summed E-state index contributed by atoms with van der Waals surface area (Å²) in [6.07, 6.45) is 3.55.